The number of hydrogen-bond donors (Lipinski definition) is 1. The first-order chi connectivity index (χ1) is 9.59. The zero-order valence-corrected chi connectivity index (χ0v) is 14.0. The van der Waals surface area contributed by atoms with Crippen molar-refractivity contribution in [2.24, 2.45) is 23.2 Å². The van der Waals surface area contributed by atoms with Crippen molar-refractivity contribution in [1.82, 2.24) is 5.32 Å². The van der Waals surface area contributed by atoms with Gasteiger partial charge in [0.05, 0.1) is 4.34 Å². The predicted molar refractivity (Wildman–Crippen MR) is 86.5 cm³/mol. The topological polar surface area (TPSA) is 12.0 Å². The zero-order chi connectivity index (χ0) is 13.9. The Morgan fingerprint density at radius 3 is 2.15 bits per heavy atom. The maximum atomic E-state index is 6.33. The van der Waals surface area contributed by atoms with Gasteiger partial charge in [-0.3, -0.25) is 0 Å². The molecule has 4 bridgehead atoms. The van der Waals surface area contributed by atoms with Crippen LogP contribution in [0.5, 0.6) is 0 Å². The summed E-state index contributed by atoms with van der Waals surface area (Å²) < 4.78 is 0.977. The molecule has 0 aliphatic heterocycles. The van der Waals surface area contributed by atoms with Gasteiger partial charge in [-0.15, -0.1) is 11.3 Å². The highest BCUT2D eigenvalue weighted by atomic mass is 35.5. The highest BCUT2D eigenvalue weighted by Crippen LogP contribution is 2.64. The fraction of sp³-hybridized carbons (Fsp3) is 0.765. The van der Waals surface area contributed by atoms with Crippen LogP contribution in [0.4, 0.5) is 0 Å². The average Bonchev–Trinajstić information content (AvgIpc) is 2.67. The van der Waals surface area contributed by atoms with E-state index in [9.17, 15) is 0 Å². The van der Waals surface area contributed by atoms with Crippen molar-refractivity contribution in [3.05, 3.63) is 20.8 Å². The summed E-state index contributed by atoms with van der Waals surface area (Å²) in [5.41, 5.74) is 1.76. The Bertz CT molecular complexity index is 466. The molecule has 1 N–H and O–H groups in total. The lowest BCUT2D eigenvalue weighted by Crippen LogP contribution is -2.51. The van der Waals surface area contributed by atoms with Crippen LogP contribution in [0.15, 0.2) is 6.07 Å². The van der Waals surface area contributed by atoms with Gasteiger partial charge in [0.1, 0.15) is 0 Å². The van der Waals surface area contributed by atoms with Crippen molar-refractivity contribution in [3.8, 4) is 0 Å². The Labute approximate surface area is 131 Å². The molecule has 1 heterocycles. The van der Waals surface area contributed by atoms with Crippen LogP contribution in [0.25, 0.3) is 0 Å². The molecule has 0 amide bonds. The molecule has 1 aromatic rings. The van der Waals surface area contributed by atoms with Gasteiger partial charge in [-0.05, 0) is 87.3 Å². The number of halogens is 1. The van der Waals surface area contributed by atoms with Crippen LogP contribution in [0.3, 0.4) is 0 Å². The summed E-state index contributed by atoms with van der Waals surface area (Å²) >= 11 is 8.13. The van der Waals surface area contributed by atoms with E-state index in [-0.39, 0.29) is 0 Å². The van der Waals surface area contributed by atoms with E-state index in [1.54, 1.807) is 11.3 Å². The molecular weight excluding hydrogens is 286 g/mol. The van der Waals surface area contributed by atoms with Crippen molar-refractivity contribution in [3.63, 3.8) is 0 Å². The molecular formula is C17H24ClNS. The smallest absolute Gasteiger partial charge is 0.0960 e. The first-order valence-corrected chi connectivity index (χ1v) is 9.22. The van der Waals surface area contributed by atoms with E-state index in [1.165, 1.54) is 49.0 Å². The van der Waals surface area contributed by atoms with E-state index in [1.807, 2.05) is 0 Å². The minimum Gasteiger partial charge on any atom is -0.312 e. The minimum atomic E-state index is 0.518. The van der Waals surface area contributed by atoms with Crippen molar-refractivity contribution in [2.45, 2.75) is 51.5 Å². The average molecular weight is 310 g/mol. The third-order valence-electron chi connectivity index (χ3n) is 6.15. The van der Waals surface area contributed by atoms with Crippen LogP contribution in [-0.2, 0) is 0 Å². The Morgan fingerprint density at radius 1 is 1.20 bits per heavy atom. The van der Waals surface area contributed by atoms with Gasteiger partial charge in [-0.1, -0.05) is 11.6 Å². The summed E-state index contributed by atoms with van der Waals surface area (Å²) in [6, 6.07) is 2.85. The number of hydrogen-bond acceptors (Lipinski definition) is 2. The van der Waals surface area contributed by atoms with Gasteiger partial charge in [0, 0.05) is 10.9 Å². The van der Waals surface area contributed by atoms with Gasteiger partial charge >= 0.3 is 0 Å². The SMILES string of the molecule is CNC(c1cc(C)c(Cl)s1)C12CC3CC(CC(C3)C1)C2. The fourth-order valence-electron chi connectivity index (χ4n) is 5.91. The molecule has 1 aromatic heterocycles. The van der Waals surface area contributed by atoms with Crippen molar-refractivity contribution >= 4 is 22.9 Å². The van der Waals surface area contributed by atoms with E-state index in [0.717, 1.165) is 22.1 Å². The normalized spacial score (nSPS) is 40.2. The molecule has 0 spiro atoms. The highest BCUT2D eigenvalue weighted by Gasteiger charge is 2.54. The molecule has 5 rings (SSSR count). The lowest BCUT2D eigenvalue weighted by Gasteiger charge is -2.59. The maximum Gasteiger partial charge on any atom is 0.0960 e. The summed E-state index contributed by atoms with van der Waals surface area (Å²) in [5, 5.41) is 3.67. The van der Waals surface area contributed by atoms with Crippen LogP contribution in [-0.4, -0.2) is 7.05 Å². The summed E-state index contributed by atoms with van der Waals surface area (Å²) in [4.78, 5) is 1.47. The summed E-state index contributed by atoms with van der Waals surface area (Å²) in [6.07, 6.45) is 8.87. The van der Waals surface area contributed by atoms with Crippen LogP contribution < -0.4 is 5.32 Å². The highest BCUT2D eigenvalue weighted by molar-refractivity contribution is 7.16. The van der Waals surface area contributed by atoms with Gasteiger partial charge in [0.15, 0.2) is 0 Å². The second-order valence-electron chi connectivity index (χ2n) is 7.61. The third-order valence-corrected chi connectivity index (χ3v) is 7.77. The molecule has 1 nitrogen and oxygen atoms in total. The van der Waals surface area contributed by atoms with Gasteiger partial charge in [-0.2, -0.15) is 0 Å². The molecule has 0 saturated heterocycles. The van der Waals surface area contributed by atoms with E-state index >= 15 is 0 Å². The monoisotopic (exact) mass is 309 g/mol. The van der Waals surface area contributed by atoms with Gasteiger partial charge in [-0.25, -0.2) is 0 Å². The molecule has 1 atom stereocenters. The molecule has 0 aromatic carbocycles. The second kappa shape index (κ2) is 4.72. The molecule has 1 unspecified atom stereocenters. The number of aryl methyl sites for hydroxylation is 1. The number of thiophene rings is 1. The lowest BCUT2D eigenvalue weighted by atomic mass is 9.47. The van der Waals surface area contributed by atoms with Gasteiger partial charge in [0.25, 0.3) is 0 Å². The molecule has 0 radical (unpaired) electrons. The molecule has 4 aliphatic carbocycles. The standard InChI is InChI=1S/C17H24ClNS/c1-10-3-14(20-16(10)18)15(19-2)17-7-11-4-12(8-17)6-13(5-11)9-17/h3,11-13,15,19H,4-9H2,1-2H3. The quantitative estimate of drug-likeness (QED) is 0.810. The Balaban J connectivity index is 1.70. The summed E-state index contributed by atoms with van der Waals surface area (Å²) in [5.74, 6) is 3.02. The third kappa shape index (κ3) is 1.99. The molecule has 4 fully saturated rings. The molecule has 4 saturated carbocycles. The van der Waals surface area contributed by atoms with Crippen molar-refractivity contribution < 1.29 is 0 Å². The fourth-order valence-corrected chi connectivity index (χ4v) is 7.38. The number of nitrogens with one attached hydrogen (secondary N) is 1. The first kappa shape index (κ1) is 13.6. The Hall–Kier alpha value is -0.0500. The van der Waals surface area contributed by atoms with E-state index in [4.69, 9.17) is 11.6 Å². The lowest BCUT2D eigenvalue weighted by molar-refractivity contribution is -0.0729. The Kier molecular flexibility index (Phi) is 3.21. The maximum absolute atomic E-state index is 6.33. The Morgan fingerprint density at radius 2 is 1.75 bits per heavy atom. The van der Waals surface area contributed by atoms with Crippen molar-refractivity contribution in [1.29, 1.82) is 0 Å². The second-order valence-corrected chi connectivity index (χ2v) is 9.29. The molecule has 110 valence electrons. The first-order valence-electron chi connectivity index (χ1n) is 8.03. The van der Waals surface area contributed by atoms with Crippen molar-refractivity contribution in [2.75, 3.05) is 7.05 Å². The molecule has 3 heteroatoms. The molecule has 4 aliphatic rings. The molecule has 20 heavy (non-hydrogen) atoms. The van der Waals surface area contributed by atoms with Gasteiger partial charge in [0.2, 0.25) is 0 Å². The van der Waals surface area contributed by atoms with Crippen LogP contribution in [0, 0.1) is 30.1 Å². The predicted octanol–water partition coefficient (Wildman–Crippen LogP) is 5.19. The minimum absolute atomic E-state index is 0.518. The van der Waals surface area contributed by atoms with Gasteiger partial charge < -0.3 is 5.32 Å². The largest absolute Gasteiger partial charge is 0.312 e. The zero-order valence-electron chi connectivity index (χ0n) is 12.4. The summed E-state index contributed by atoms with van der Waals surface area (Å²) in [7, 11) is 2.15. The van der Waals surface area contributed by atoms with E-state index in [0.29, 0.717) is 11.5 Å². The number of rotatable bonds is 3. The summed E-state index contributed by atoms with van der Waals surface area (Å²) in [6.45, 7) is 2.13. The van der Waals surface area contributed by atoms with E-state index < -0.39 is 0 Å². The van der Waals surface area contributed by atoms with Crippen LogP contribution in [0.2, 0.25) is 4.34 Å². The van der Waals surface area contributed by atoms with Crippen LogP contribution >= 0.6 is 22.9 Å². The van der Waals surface area contributed by atoms with Crippen LogP contribution in [0.1, 0.15) is 55.0 Å². The van der Waals surface area contributed by atoms with E-state index in [2.05, 4.69) is 25.4 Å².